The molecule has 0 bridgehead atoms. The molecule has 112 valence electrons. The van der Waals surface area contributed by atoms with Crippen molar-refractivity contribution in [1.82, 2.24) is 19.8 Å². The Morgan fingerprint density at radius 1 is 1.45 bits per heavy atom. The van der Waals surface area contributed by atoms with Gasteiger partial charge in [-0.3, -0.25) is 14.6 Å². The topological polar surface area (TPSA) is 52.2 Å². The van der Waals surface area contributed by atoms with Crippen LogP contribution in [-0.2, 0) is 6.54 Å². The lowest BCUT2D eigenvalue weighted by Crippen LogP contribution is -2.54. The molecule has 2 rings (SSSR count). The van der Waals surface area contributed by atoms with Gasteiger partial charge in [0.15, 0.2) is 0 Å². The second-order valence-electron chi connectivity index (χ2n) is 5.95. The van der Waals surface area contributed by atoms with E-state index in [4.69, 9.17) is 0 Å². The van der Waals surface area contributed by atoms with Crippen molar-refractivity contribution < 1.29 is 0 Å². The van der Waals surface area contributed by atoms with Gasteiger partial charge in [0.25, 0.3) is 5.56 Å². The summed E-state index contributed by atoms with van der Waals surface area (Å²) in [5.41, 5.74) is 0.819. The minimum Gasteiger partial charge on any atom is -0.311 e. The Balaban J connectivity index is 2.03. The van der Waals surface area contributed by atoms with Crippen molar-refractivity contribution in [3.8, 4) is 0 Å². The number of aromatic nitrogens is 2. The standard InChI is InChI=1S/C15H26N4O/c1-5-14-10-18(6-7-19(14)11(2)3)9-13-8-15(20)17-12(4)16-13/h8,11,14H,5-7,9-10H2,1-4H3,(H,16,17,20). The first kappa shape index (κ1) is 15.2. The van der Waals surface area contributed by atoms with Crippen LogP contribution in [0.1, 0.15) is 38.7 Å². The van der Waals surface area contributed by atoms with E-state index >= 15 is 0 Å². The summed E-state index contributed by atoms with van der Waals surface area (Å²) in [6, 6.07) is 2.82. The molecule has 5 heteroatoms. The highest BCUT2D eigenvalue weighted by molar-refractivity contribution is 5.02. The van der Waals surface area contributed by atoms with Gasteiger partial charge in [0.2, 0.25) is 0 Å². The van der Waals surface area contributed by atoms with E-state index in [2.05, 4.69) is 40.5 Å². The first-order valence-corrected chi connectivity index (χ1v) is 7.54. The fourth-order valence-corrected chi connectivity index (χ4v) is 3.07. The molecule has 0 aliphatic carbocycles. The van der Waals surface area contributed by atoms with E-state index in [1.54, 1.807) is 6.07 Å². The third-order valence-electron chi connectivity index (χ3n) is 4.05. The van der Waals surface area contributed by atoms with Crippen LogP contribution in [0, 0.1) is 6.92 Å². The largest absolute Gasteiger partial charge is 0.311 e. The maximum Gasteiger partial charge on any atom is 0.251 e. The van der Waals surface area contributed by atoms with Crippen LogP contribution in [0.15, 0.2) is 10.9 Å². The highest BCUT2D eigenvalue weighted by Gasteiger charge is 2.27. The fourth-order valence-electron chi connectivity index (χ4n) is 3.07. The van der Waals surface area contributed by atoms with Crippen molar-refractivity contribution in [3.05, 3.63) is 27.9 Å². The van der Waals surface area contributed by atoms with Crippen LogP contribution in [0.2, 0.25) is 0 Å². The van der Waals surface area contributed by atoms with Crippen molar-refractivity contribution in [2.45, 2.75) is 52.7 Å². The average molecular weight is 278 g/mol. The van der Waals surface area contributed by atoms with Gasteiger partial charge in [0, 0.05) is 44.3 Å². The average Bonchev–Trinajstić information content (AvgIpc) is 2.37. The Kier molecular flexibility index (Phi) is 4.94. The fraction of sp³-hybridized carbons (Fsp3) is 0.733. The molecule has 1 aliphatic rings. The van der Waals surface area contributed by atoms with Gasteiger partial charge in [-0.05, 0) is 27.2 Å². The smallest absolute Gasteiger partial charge is 0.251 e. The summed E-state index contributed by atoms with van der Waals surface area (Å²) in [7, 11) is 0. The van der Waals surface area contributed by atoms with Crippen LogP contribution in [0.3, 0.4) is 0 Å². The maximum absolute atomic E-state index is 11.5. The number of aromatic amines is 1. The molecule has 20 heavy (non-hydrogen) atoms. The number of rotatable bonds is 4. The summed E-state index contributed by atoms with van der Waals surface area (Å²) < 4.78 is 0. The molecule has 1 N–H and O–H groups in total. The highest BCUT2D eigenvalue weighted by Crippen LogP contribution is 2.17. The van der Waals surface area contributed by atoms with Crippen LogP contribution < -0.4 is 5.56 Å². The third-order valence-corrected chi connectivity index (χ3v) is 4.05. The number of nitrogens with one attached hydrogen (secondary N) is 1. The summed E-state index contributed by atoms with van der Waals surface area (Å²) >= 11 is 0. The summed E-state index contributed by atoms with van der Waals surface area (Å²) in [4.78, 5) is 23.6. The zero-order valence-corrected chi connectivity index (χ0v) is 13.0. The first-order valence-electron chi connectivity index (χ1n) is 7.54. The molecule has 1 aliphatic heterocycles. The Labute approximate surface area is 121 Å². The Morgan fingerprint density at radius 3 is 2.80 bits per heavy atom. The Morgan fingerprint density at radius 2 is 2.20 bits per heavy atom. The molecule has 0 spiro atoms. The lowest BCUT2D eigenvalue weighted by atomic mass is 10.1. The monoisotopic (exact) mass is 278 g/mol. The molecular weight excluding hydrogens is 252 g/mol. The van der Waals surface area contributed by atoms with E-state index in [1.165, 1.54) is 0 Å². The quantitative estimate of drug-likeness (QED) is 0.904. The predicted molar refractivity (Wildman–Crippen MR) is 80.8 cm³/mol. The van der Waals surface area contributed by atoms with E-state index in [1.807, 2.05) is 6.92 Å². The zero-order valence-electron chi connectivity index (χ0n) is 13.0. The molecule has 1 aromatic heterocycles. The van der Waals surface area contributed by atoms with Gasteiger partial charge in [0.1, 0.15) is 5.82 Å². The van der Waals surface area contributed by atoms with E-state index in [0.29, 0.717) is 17.9 Å². The predicted octanol–water partition coefficient (Wildman–Crippen LogP) is 1.38. The minimum absolute atomic E-state index is 0.0552. The van der Waals surface area contributed by atoms with Gasteiger partial charge in [-0.2, -0.15) is 0 Å². The third kappa shape index (κ3) is 3.67. The molecule has 0 aromatic carbocycles. The number of aryl methyl sites for hydroxylation is 1. The van der Waals surface area contributed by atoms with Gasteiger partial charge in [-0.1, -0.05) is 6.92 Å². The number of piperazine rings is 1. The highest BCUT2D eigenvalue weighted by atomic mass is 16.1. The van der Waals surface area contributed by atoms with E-state index < -0.39 is 0 Å². The molecule has 1 saturated heterocycles. The van der Waals surface area contributed by atoms with Crippen LogP contribution in [-0.4, -0.2) is 51.5 Å². The maximum atomic E-state index is 11.5. The molecule has 0 amide bonds. The van der Waals surface area contributed by atoms with E-state index in [0.717, 1.165) is 38.3 Å². The molecular formula is C15H26N4O. The zero-order chi connectivity index (χ0) is 14.7. The number of hydrogen-bond acceptors (Lipinski definition) is 4. The number of H-pyrrole nitrogens is 1. The molecule has 0 radical (unpaired) electrons. The lowest BCUT2D eigenvalue weighted by molar-refractivity contribution is 0.0450. The Bertz CT molecular complexity index is 497. The van der Waals surface area contributed by atoms with Crippen molar-refractivity contribution >= 4 is 0 Å². The summed E-state index contributed by atoms with van der Waals surface area (Å²) in [6.45, 7) is 12.6. The minimum atomic E-state index is -0.0552. The number of hydrogen-bond donors (Lipinski definition) is 1. The summed E-state index contributed by atoms with van der Waals surface area (Å²) in [5, 5.41) is 0. The van der Waals surface area contributed by atoms with Gasteiger partial charge in [0.05, 0.1) is 5.69 Å². The SMILES string of the molecule is CCC1CN(Cc2cc(=O)[nH]c(C)n2)CCN1C(C)C. The van der Waals surface area contributed by atoms with Gasteiger partial charge >= 0.3 is 0 Å². The first-order chi connectivity index (χ1) is 9.49. The van der Waals surface area contributed by atoms with Crippen LogP contribution in [0.25, 0.3) is 0 Å². The summed E-state index contributed by atoms with van der Waals surface area (Å²) in [6.07, 6.45) is 1.16. The summed E-state index contributed by atoms with van der Waals surface area (Å²) in [5.74, 6) is 0.695. The molecule has 5 nitrogen and oxygen atoms in total. The second-order valence-corrected chi connectivity index (χ2v) is 5.95. The number of nitrogens with zero attached hydrogens (tertiary/aromatic N) is 3. The van der Waals surface area contributed by atoms with Gasteiger partial charge in [-0.15, -0.1) is 0 Å². The van der Waals surface area contributed by atoms with Crippen LogP contribution in [0.4, 0.5) is 0 Å². The van der Waals surface area contributed by atoms with Gasteiger partial charge in [-0.25, -0.2) is 4.98 Å². The molecule has 2 heterocycles. The Hall–Kier alpha value is -1.20. The lowest BCUT2D eigenvalue weighted by Gasteiger charge is -2.43. The van der Waals surface area contributed by atoms with Crippen LogP contribution >= 0.6 is 0 Å². The molecule has 0 saturated carbocycles. The molecule has 1 unspecified atom stereocenters. The van der Waals surface area contributed by atoms with Crippen molar-refractivity contribution in [2.24, 2.45) is 0 Å². The van der Waals surface area contributed by atoms with Gasteiger partial charge < -0.3 is 4.98 Å². The molecule has 1 atom stereocenters. The van der Waals surface area contributed by atoms with Crippen molar-refractivity contribution in [1.29, 1.82) is 0 Å². The normalized spacial score (nSPS) is 21.6. The van der Waals surface area contributed by atoms with Crippen molar-refractivity contribution in [2.75, 3.05) is 19.6 Å². The van der Waals surface area contributed by atoms with Crippen molar-refractivity contribution in [3.63, 3.8) is 0 Å². The molecule has 1 fully saturated rings. The van der Waals surface area contributed by atoms with Crippen LogP contribution in [0.5, 0.6) is 0 Å². The van der Waals surface area contributed by atoms with E-state index in [9.17, 15) is 4.79 Å². The second kappa shape index (κ2) is 6.50. The van der Waals surface area contributed by atoms with E-state index in [-0.39, 0.29) is 5.56 Å². The molecule has 1 aromatic rings.